The highest BCUT2D eigenvalue weighted by Gasteiger charge is 2.17. The quantitative estimate of drug-likeness (QED) is 0.163. The highest BCUT2D eigenvalue weighted by Crippen LogP contribution is 2.23. The van der Waals surface area contributed by atoms with E-state index in [-0.39, 0.29) is 69.5 Å². The van der Waals surface area contributed by atoms with Gasteiger partial charge in [0.05, 0.1) is 24.8 Å². The SMILES string of the molecule is O=C(OCc1ccccc1)c1cccc2oc3cncc(n3)oc3c(C(=O)OCc4ccccc4)cccc3oc3cncc(n3)oc12. The van der Waals surface area contributed by atoms with Crippen molar-refractivity contribution < 1.29 is 36.7 Å². The Morgan fingerprint density at radius 3 is 1.29 bits per heavy atom. The predicted octanol–water partition coefficient (Wildman–Crippen LogP) is 7.78. The van der Waals surface area contributed by atoms with E-state index in [1.54, 1.807) is 24.3 Å². The van der Waals surface area contributed by atoms with Crippen LogP contribution in [0, 0.1) is 0 Å². The van der Waals surface area contributed by atoms with Crippen LogP contribution in [0.1, 0.15) is 31.8 Å². The summed E-state index contributed by atoms with van der Waals surface area (Å²) >= 11 is 0. The van der Waals surface area contributed by atoms with Crippen LogP contribution >= 0.6 is 0 Å². The molecule has 12 heteroatoms. The summed E-state index contributed by atoms with van der Waals surface area (Å²) in [5.74, 6) is -1.32. The smallest absolute Gasteiger partial charge is 0.342 e. The lowest BCUT2D eigenvalue weighted by Gasteiger charge is -2.06. The summed E-state index contributed by atoms with van der Waals surface area (Å²) < 4.78 is 35.5. The average molecular weight is 641 g/mol. The Bertz CT molecular complexity index is 2240. The Hall–Kier alpha value is -6.82. The molecule has 0 saturated carbocycles. The molecule has 12 nitrogen and oxygen atoms in total. The van der Waals surface area contributed by atoms with Gasteiger partial charge in [0.1, 0.15) is 24.3 Å². The van der Waals surface area contributed by atoms with Crippen LogP contribution in [0.3, 0.4) is 0 Å². The molecule has 236 valence electrons. The zero-order valence-electron chi connectivity index (χ0n) is 25.0. The molecule has 0 radical (unpaired) electrons. The maximum atomic E-state index is 13.3. The second-order valence-corrected chi connectivity index (χ2v) is 10.2. The van der Waals surface area contributed by atoms with E-state index in [4.69, 9.17) is 27.1 Å². The lowest BCUT2D eigenvalue weighted by atomic mass is 10.2. The number of carbonyl (C=O) groups is 2. The van der Waals surface area contributed by atoms with Crippen molar-refractivity contribution in [2.24, 2.45) is 0 Å². The summed E-state index contributed by atoms with van der Waals surface area (Å²) in [6, 6.07) is 28.0. The highest BCUT2D eigenvalue weighted by molar-refractivity contribution is 6.01. The molecule has 48 heavy (non-hydrogen) atoms. The van der Waals surface area contributed by atoms with Gasteiger partial charge in [-0.25, -0.2) is 9.59 Å². The summed E-state index contributed by atoms with van der Waals surface area (Å²) in [5.41, 5.74) is 1.88. The minimum atomic E-state index is -0.662. The van der Waals surface area contributed by atoms with Gasteiger partial charge in [-0.15, -0.1) is 0 Å². The van der Waals surface area contributed by atoms with Gasteiger partial charge in [-0.3, -0.25) is 9.97 Å². The first kappa shape index (κ1) is 29.9. The van der Waals surface area contributed by atoms with Gasteiger partial charge in [0.15, 0.2) is 22.3 Å². The summed E-state index contributed by atoms with van der Waals surface area (Å²) in [7, 11) is 0. The zero-order chi connectivity index (χ0) is 32.7. The molecule has 0 atom stereocenters. The number of hydrogen-bond donors (Lipinski definition) is 0. The number of ether oxygens (including phenoxy) is 2. The van der Waals surface area contributed by atoms with Gasteiger partial charge in [-0.1, -0.05) is 72.8 Å². The molecular weight excluding hydrogens is 616 g/mol. The molecule has 7 rings (SSSR count). The molecule has 4 aromatic carbocycles. The fraction of sp³-hybridized carbons (Fsp3) is 0.0556. The van der Waals surface area contributed by atoms with E-state index in [2.05, 4.69) is 19.9 Å². The third-order valence-corrected chi connectivity index (χ3v) is 6.85. The van der Waals surface area contributed by atoms with E-state index in [1.807, 2.05) is 60.7 Å². The number of benzene rings is 4. The molecule has 0 spiro atoms. The van der Waals surface area contributed by atoms with Crippen LogP contribution in [0.4, 0.5) is 0 Å². The van der Waals surface area contributed by atoms with Crippen molar-refractivity contribution >= 4 is 57.1 Å². The van der Waals surface area contributed by atoms with E-state index in [9.17, 15) is 9.59 Å². The van der Waals surface area contributed by atoms with Gasteiger partial charge in [0.2, 0.25) is 22.9 Å². The molecule has 3 aromatic heterocycles. The van der Waals surface area contributed by atoms with Crippen molar-refractivity contribution in [2.45, 2.75) is 13.2 Å². The van der Waals surface area contributed by atoms with Crippen LogP contribution in [-0.2, 0) is 22.7 Å². The molecule has 0 aliphatic rings. The summed E-state index contributed by atoms with van der Waals surface area (Å²) in [6.45, 7) is 0.0821. The average Bonchev–Trinajstić information content (AvgIpc) is 3.12. The molecule has 0 N–H and O–H groups in total. The third kappa shape index (κ3) is 6.87. The standard InChI is InChI=1S/C36H24N4O8/c41-35(43-21-23-9-3-1-4-10-23)25-13-7-15-27-33(25)47-31-19-37-18-30(39-31)46-28-16-8-14-26(36(42)44-22-24-11-5-2-6-12-24)34(28)48-32-20-38-17-29(40-32)45-27/h1-20H,21-22H2. The van der Waals surface area contributed by atoms with Gasteiger partial charge in [-0.05, 0) is 35.4 Å². The lowest BCUT2D eigenvalue weighted by molar-refractivity contribution is 0.0465. The number of esters is 2. The van der Waals surface area contributed by atoms with Crippen LogP contribution in [0.25, 0.3) is 45.2 Å². The monoisotopic (exact) mass is 640 g/mol. The van der Waals surface area contributed by atoms with Gasteiger partial charge in [-0.2, -0.15) is 9.97 Å². The van der Waals surface area contributed by atoms with Crippen LogP contribution < -0.4 is 0 Å². The molecule has 0 unspecified atom stereocenters. The number of aromatic nitrogens is 4. The zero-order valence-corrected chi connectivity index (χ0v) is 25.0. The Kier molecular flexibility index (Phi) is 8.50. The predicted molar refractivity (Wildman–Crippen MR) is 172 cm³/mol. The van der Waals surface area contributed by atoms with Crippen LogP contribution in [-0.4, -0.2) is 31.9 Å². The van der Waals surface area contributed by atoms with E-state index >= 15 is 0 Å². The van der Waals surface area contributed by atoms with Crippen molar-refractivity contribution in [3.8, 4) is 0 Å². The molecule has 3 heterocycles. The van der Waals surface area contributed by atoms with E-state index in [1.165, 1.54) is 36.9 Å². The summed E-state index contributed by atoms with van der Waals surface area (Å²) in [5, 5.41) is 0. The van der Waals surface area contributed by atoms with Crippen molar-refractivity contribution in [1.29, 1.82) is 0 Å². The Balaban J connectivity index is 1.41. The first-order valence-corrected chi connectivity index (χ1v) is 14.6. The number of para-hydroxylation sites is 2. The topological polar surface area (TPSA) is 157 Å². The van der Waals surface area contributed by atoms with Gasteiger partial charge >= 0.3 is 11.9 Å². The van der Waals surface area contributed by atoms with Crippen LogP contribution in [0.5, 0.6) is 0 Å². The van der Waals surface area contributed by atoms with Crippen molar-refractivity contribution in [2.75, 3.05) is 0 Å². The first-order chi connectivity index (χ1) is 23.6. The van der Waals surface area contributed by atoms with Gasteiger partial charge < -0.3 is 27.1 Å². The lowest BCUT2D eigenvalue weighted by Crippen LogP contribution is -2.06. The molecule has 0 saturated heterocycles. The van der Waals surface area contributed by atoms with Crippen LogP contribution in [0.15, 0.2) is 140 Å². The van der Waals surface area contributed by atoms with Crippen molar-refractivity contribution in [3.63, 3.8) is 0 Å². The second-order valence-electron chi connectivity index (χ2n) is 10.2. The third-order valence-electron chi connectivity index (χ3n) is 6.85. The van der Waals surface area contributed by atoms with E-state index in [0.29, 0.717) is 0 Å². The number of rotatable bonds is 6. The van der Waals surface area contributed by atoms with Gasteiger partial charge in [0, 0.05) is 0 Å². The normalized spacial score (nSPS) is 10.8. The van der Waals surface area contributed by atoms with Gasteiger partial charge in [0.25, 0.3) is 0 Å². The Labute approximate surface area is 270 Å². The molecule has 0 aliphatic heterocycles. The Morgan fingerprint density at radius 1 is 0.479 bits per heavy atom. The minimum Gasteiger partial charge on any atom is -0.457 e. The minimum absolute atomic E-state index is 0.00367. The highest BCUT2D eigenvalue weighted by atomic mass is 16.5. The molecule has 0 fully saturated rings. The van der Waals surface area contributed by atoms with Crippen molar-refractivity contribution in [1.82, 2.24) is 19.9 Å². The Morgan fingerprint density at radius 2 is 0.875 bits per heavy atom. The first-order valence-electron chi connectivity index (χ1n) is 14.6. The maximum Gasteiger partial charge on any atom is 0.342 e. The van der Waals surface area contributed by atoms with E-state index in [0.717, 1.165) is 11.1 Å². The van der Waals surface area contributed by atoms with Crippen molar-refractivity contribution in [3.05, 3.63) is 144 Å². The molecular formula is C36H24N4O8. The number of hydrogen-bond acceptors (Lipinski definition) is 12. The molecule has 4 bridgehead atoms. The fourth-order valence-corrected chi connectivity index (χ4v) is 4.62. The second kappa shape index (κ2) is 13.7. The molecule has 0 aliphatic carbocycles. The van der Waals surface area contributed by atoms with Crippen LogP contribution in [0.2, 0.25) is 0 Å². The summed E-state index contributed by atoms with van der Waals surface area (Å²) in [6.07, 6.45) is 5.37. The summed E-state index contributed by atoms with van der Waals surface area (Å²) in [4.78, 5) is 43.8. The number of carbonyl (C=O) groups excluding carboxylic acids is 2. The largest absolute Gasteiger partial charge is 0.457 e. The van der Waals surface area contributed by atoms with E-state index < -0.39 is 11.9 Å². The molecule has 7 aromatic rings. The number of nitrogens with zero attached hydrogens (tertiary/aromatic N) is 4. The number of fused-ring (bicyclic) bond motifs is 6. The maximum absolute atomic E-state index is 13.3. The fourth-order valence-electron chi connectivity index (χ4n) is 4.62. The molecule has 0 amide bonds.